The van der Waals surface area contributed by atoms with E-state index in [1.165, 1.54) is 0 Å². The van der Waals surface area contributed by atoms with Gasteiger partial charge in [-0.2, -0.15) is 0 Å². The average molecular weight is 282 g/mol. The molecule has 1 unspecified atom stereocenters. The number of likely N-dealkylation sites (N-methyl/N-ethyl adjacent to an activating group) is 1. The summed E-state index contributed by atoms with van der Waals surface area (Å²) >= 11 is 3.36. The van der Waals surface area contributed by atoms with Crippen LogP contribution in [0, 0.1) is 0 Å². The Morgan fingerprint density at radius 2 is 2.50 bits per heavy atom. The zero-order chi connectivity index (χ0) is 11.5. The number of hydrogen-bond donors (Lipinski definition) is 0. The first-order chi connectivity index (χ1) is 7.66. The quantitative estimate of drug-likeness (QED) is 0.771. The number of likely N-dealkylation sites (tertiary alicyclic amines) is 1. The van der Waals surface area contributed by atoms with Crippen LogP contribution in [0.3, 0.4) is 0 Å². The highest BCUT2D eigenvalue weighted by Gasteiger charge is 2.27. The molecule has 0 bridgehead atoms. The average Bonchev–Trinajstić information content (AvgIpc) is 2.57. The number of carbonyl (C=O) groups excluding carboxylic acids is 1. The molecule has 1 aliphatic heterocycles. The van der Waals surface area contributed by atoms with Gasteiger partial charge in [0.2, 0.25) is 5.91 Å². The summed E-state index contributed by atoms with van der Waals surface area (Å²) < 4.78 is 0.957. The Morgan fingerprint density at radius 1 is 1.69 bits per heavy atom. The van der Waals surface area contributed by atoms with Gasteiger partial charge in [0.05, 0.1) is 5.69 Å². The van der Waals surface area contributed by atoms with Crippen LogP contribution in [0.4, 0.5) is 0 Å². The summed E-state index contributed by atoms with van der Waals surface area (Å²) in [5, 5.41) is 0. The van der Waals surface area contributed by atoms with Crippen molar-refractivity contribution in [3.05, 3.63) is 28.5 Å². The van der Waals surface area contributed by atoms with E-state index >= 15 is 0 Å². The Kier molecular flexibility index (Phi) is 3.33. The predicted octanol–water partition coefficient (Wildman–Crippen LogP) is 1.49. The fraction of sp³-hybridized carbons (Fsp3) is 0.364. The Labute approximate surface area is 103 Å². The van der Waals surface area contributed by atoms with Crippen molar-refractivity contribution in [3.8, 4) is 0 Å². The molecule has 5 heteroatoms. The molecule has 16 heavy (non-hydrogen) atoms. The van der Waals surface area contributed by atoms with E-state index in [-0.39, 0.29) is 11.9 Å². The van der Waals surface area contributed by atoms with Crippen LogP contribution >= 0.6 is 15.9 Å². The summed E-state index contributed by atoms with van der Waals surface area (Å²) in [5.74, 6) is 0.0891. The highest BCUT2D eigenvalue weighted by Crippen LogP contribution is 2.13. The zero-order valence-electron chi connectivity index (χ0n) is 8.93. The lowest BCUT2D eigenvalue weighted by atomic mass is 10.2. The second-order valence-electron chi connectivity index (χ2n) is 3.74. The number of nitrogens with zero attached hydrogens (tertiary/aromatic N) is 3. The highest BCUT2D eigenvalue weighted by molar-refractivity contribution is 9.10. The van der Waals surface area contributed by atoms with Gasteiger partial charge in [-0.15, -0.1) is 0 Å². The van der Waals surface area contributed by atoms with Gasteiger partial charge in [-0.1, -0.05) is 15.9 Å². The molecule has 1 aromatic rings. The van der Waals surface area contributed by atoms with Crippen LogP contribution in [0.25, 0.3) is 0 Å². The predicted molar refractivity (Wildman–Crippen MR) is 65.6 cm³/mol. The third kappa shape index (κ3) is 2.47. The van der Waals surface area contributed by atoms with Crippen LogP contribution in [0.5, 0.6) is 0 Å². The van der Waals surface area contributed by atoms with E-state index in [1.807, 2.05) is 12.1 Å². The molecule has 1 atom stereocenters. The summed E-state index contributed by atoms with van der Waals surface area (Å²) in [6.45, 7) is 0.784. The normalized spacial score (nSPS) is 21.0. The third-order valence-electron chi connectivity index (χ3n) is 2.53. The highest BCUT2D eigenvalue weighted by atomic mass is 79.9. The summed E-state index contributed by atoms with van der Waals surface area (Å²) in [6, 6.07) is 3.49. The molecular weight excluding hydrogens is 270 g/mol. The Balaban J connectivity index is 2.07. The lowest BCUT2D eigenvalue weighted by Gasteiger charge is -2.06. The van der Waals surface area contributed by atoms with Crippen LogP contribution in [0.15, 0.2) is 27.8 Å². The van der Waals surface area contributed by atoms with Crippen molar-refractivity contribution < 1.29 is 4.79 Å². The zero-order valence-corrected chi connectivity index (χ0v) is 10.5. The number of halogens is 1. The minimum Gasteiger partial charge on any atom is -0.344 e. The number of hydrogen-bond acceptors (Lipinski definition) is 3. The van der Waals surface area contributed by atoms with Gasteiger partial charge >= 0.3 is 0 Å². The number of pyridine rings is 1. The van der Waals surface area contributed by atoms with Crippen LogP contribution in [0.2, 0.25) is 0 Å². The van der Waals surface area contributed by atoms with Crippen molar-refractivity contribution in [1.29, 1.82) is 0 Å². The van der Waals surface area contributed by atoms with Crippen molar-refractivity contribution >= 4 is 28.1 Å². The van der Waals surface area contributed by atoms with Crippen molar-refractivity contribution in [2.75, 3.05) is 13.6 Å². The molecule has 0 spiro atoms. The van der Waals surface area contributed by atoms with Gasteiger partial charge in [-0.3, -0.25) is 14.8 Å². The molecule has 1 fully saturated rings. The number of aromatic nitrogens is 1. The van der Waals surface area contributed by atoms with Gasteiger partial charge in [0.1, 0.15) is 6.04 Å². The first kappa shape index (κ1) is 11.3. The van der Waals surface area contributed by atoms with E-state index in [4.69, 9.17) is 0 Å². The first-order valence-electron chi connectivity index (χ1n) is 5.06. The fourth-order valence-corrected chi connectivity index (χ4v) is 1.95. The second kappa shape index (κ2) is 4.74. The third-order valence-corrected chi connectivity index (χ3v) is 3.02. The van der Waals surface area contributed by atoms with Crippen LogP contribution < -0.4 is 0 Å². The number of carbonyl (C=O) groups is 1. The molecular formula is C11H12BrN3O. The summed E-state index contributed by atoms with van der Waals surface area (Å²) in [5.41, 5.74) is 0.761. The molecule has 0 saturated carbocycles. The first-order valence-corrected chi connectivity index (χ1v) is 5.86. The molecule has 1 amide bonds. The molecule has 0 aliphatic carbocycles. The topological polar surface area (TPSA) is 45.6 Å². The SMILES string of the molecule is CN1CCC(N=Cc2cc(Br)ccn2)C1=O. The van der Waals surface area contributed by atoms with E-state index in [0.717, 1.165) is 23.1 Å². The van der Waals surface area contributed by atoms with Crippen molar-refractivity contribution in [2.24, 2.45) is 4.99 Å². The van der Waals surface area contributed by atoms with E-state index in [1.54, 1.807) is 24.4 Å². The molecule has 1 aromatic heterocycles. The van der Waals surface area contributed by atoms with E-state index < -0.39 is 0 Å². The largest absolute Gasteiger partial charge is 0.344 e. The van der Waals surface area contributed by atoms with Crippen molar-refractivity contribution in [2.45, 2.75) is 12.5 Å². The fourth-order valence-electron chi connectivity index (χ4n) is 1.60. The maximum absolute atomic E-state index is 11.6. The summed E-state index contributed by atoms with van der Waals surface area (Å²) in [6.07, 6.45) is 4.15. The number of rotatable bonds is 2. The standard InChI is InChI=1S/C11H12BrN3O/c1-15-5-3-10(11(15)16)14-7-9-6-8(12)2-4-13-9/h2,4,6-7,10H,3,5H2,1H3. The molecule has 84 valence electrons. The monoisotopic (exact) mass is 281 g/mol. The van der Waals surface area contributed by atoms with Crippen molar-refractivity contribution in [1.82, 2.24) is 9.88 Å². The maximum atomic E-state index is 11.6. The van der Waals surface area contributed by atoms with Gasteiger partial charge in [-0.25, -0.2) is 0 Å². The van der Waals surface area contributed by atoms with Crippen LogP contribution in [0.1, 0.15) is 12.1 Å². The van der Waals surface area contributed by atoms with E-state index in [2.05, 4.69) is 25.9 Å². The second-order valence-corrected chi connectivity index (χ2v) is 4.66. The maximum Gasteiger partial charge on any atom is 0.247 e. The Morgan fingerprint density at radius 3 is 3.12 bits per heavy atom. The van der Waals surface area contributed by atoms with Gasteiger partial charge in [0.25, 0.3) is 0 Å². The van der Waals surface area contributed by atoms with E-state index in [0.29, 0.717) is 0 Å². The van der Waals surface area contributed by atoms with Gasteiger partial charge in [0, 0.05) is 30.5 Å². The molecule has 0 aromatic carbocycles. The Hall–Kier alpha value is -1.23. The number of aliphatic imine (C=N–C) groups is 1. The molecule has 2 rings (SSSR count). The minimum atomic E-state index is -0.231. The minimum absolute atomic E-state index is 0.0891. The van der Waals surface area contributed by atoms with Gasteiger partial charge < -0.3 is 4.90 Å². The Bertz CT molecular complexity index is 433. The molecule has 4 nitrogen and oxygen atoms in total. The smallest absolute Gasteiger partial charge is 0.247 e. The number of amides is 1. The molecule has 0 radical (unpaired) electrons. The lowest BCUT2D eigenvalue weighted by Crippen LogP contribution is -2.24. The molecule has 1 aliphatic rings. The summed E-state index contributed by atoms with van der Waals surface area (Å²) in [7, 11) is 1.80. The van der Waals surface area contributed by atoms with E-state index in [9.17, 15) is 4.79 Å². The molecule has 2 heterocycles. The van der Waals surface area contributed by atoms with Crippen molar-refractivity contribution in [3.63, 3.8) is 0 Å². The molecule has 0 N–H and O–H groups in total. The summed E-state index contributed by atoms with van der Waals surface area (Å²) in [4.78, 5) is 21.7. The van der Waals surface area contributed by atoms with Gasteiger partial charge in [0.15, 0.2) is 0 Å². The van der Waals surface area contributed by atoms with Crippen LogP contribution in [-0.4, -0.2) is 41.6 Å². The van der Waals surface area contributed by atoms with Gasteiger partial charge in [-0.05, 0) is 18.6 Å². The van der Waals surface area contributed by atoms with Crippen LogP contribution in [-0.2, 0) is 4.79 Å². The molecule has 1 saturated heterocycles. The lowest BCUT2D eigenvalue weighted by molar-refractivity contribution is -0.127.